The van der Waals surface area contributed by atoms with Crippen LogP contribution in [0, 0.1) is 22.7 Å². The lowest BCUT2D eigenvalue weighted by Gasteiger charge is -2.62. The molecule has 0 aromatic rings. The molecule has 4 bridgehead atoms. The Morgan fingerprint density at radius 2 is 1.67 bits per heavy atom. The first-order valence-electron chi connectivity index (χ1n) is 7.83. The first-order valence-corrected chi connectivity index (χ1v) is 7.83. The molecule has 0 amide bonds. The van der Waals surface area contributed by atoms with Crippen molar-refractivity contribution < 1.29 is 22.3 Å². The van der Waals surface area contributed by atoms with Gasteiger partial charge >= 0.3 is 6.18 Å². The van der Waals surface area contributed by atoms with Crippen molar-refractivity contribution in [2.24, 2.45) is 22.7 Å². The normalized spacial score (nSPS) is 44.9. The molecule has 4 rings (SSSR count). The first kappa shape index (κ1) is 15.6. The lowest BCUT2D eigenvalue weighted by Crippen LogP contribution is -2.58. The fourth-order valence-corrected chi connectivity index (χ4v) is 6.21. The van der Waals surface area contributed by atoms with E-state index in [0.717, 1.165) is 45.6 Å². The number of hydrogen-bond donors (Lipinski definition) is 0. The van der Waals surface area contributed by atoms with Crippen LogP contribution in [-0.2, 0) is 4.74 Å². The molecular formula is C16H24F4O. The number of methoxy groups -OCH3 is 1. The Labute approximate surface area is 123 Å². The smallest absolute Gasteiger partial charge is 0.366 e. The van der Waals surface area contributed by atoms with Crippen molar-refractivity contribution in [1.82, 2.24) is 0 Å². The summed E-state index contributed by atoms with van der Waals surface area (Å²) >= 11 is 0. The van der Waals surface area contributed by atoms with Crippen molar-refractivity contribution >= 4 is 0 Å². The van der Waals surface area contributed by atoms with Crippen LogP contribution in [0.5, 0.6) is 0 Å². The van der Waals surface area contributed by atoms with Crippen molar-refractivity contribution in [2.75, 3.05) is 13.8 Å². The lowest BCUT2D eigenvalue weighted by atomic mass is 9.43. The van der Waals surface area contributed by atoms with Crippen LogP contribution in [-0.4, -0.2) is 25.6 Å². The predicted molar refractivity (Wildman–Crippen MR) is 71.6 cm³/mol. The van der Waals surface area contributed by atoms with E-state index in [1.807, 2.05) is 0 Å². The Hall–Kier alpha value is -0.320. The van der Waals surface area contributed by atoms with Crippen LogP contribution in [0.15, 0.2) is 0 Å². The summed E-state index contributed by atoms with van der Waals surface area (Å²) in [7, 11) is 0.995. The Balaban J connectivity index is 1.89. The third kappa shape index (κ3) is 2.40. The van der Waals surface area contributed by atoms with Crippen LogP contribution in [0.2, 0.25) is 0 Å². The quantitative estimate of drug-likeness (QED) is 0.671. The van der Waals surface area contributed by atoms with Gasteiger partial charge < -0.3 is 4.74 Å². The molecule has 0 spiro atoms. The van der Waals surface area contributed by atoms with Crippen LogP contribution < -0.4 is 0 Å². The second-order valence-electron chi connectivity index (χ2n) is 8.28. The SMILES string of the molecule is COC(CF)(CC12CC3CC(CC(C)(C3)C1)C2)C(F)(F)F. The van der Waals surface area contributed by atoms with Crippen LogP contribution >= 0.6 is 0 Å². The minimum atomic E-state index is -4.65. The minimum absolute atomic E-state index is 0.158. The highest BCUT2D eigenvalue weighted by atomic mass is 19.4. The van der Waals surface area contributed by atoms with Crippen molar-refractivity contribution in [3.8, 4) is 0 Å². The average Bonchev–Trinajstić information content (AvgIpc) is 2.31. The molecule has 4 fully saturated rings. The fraction of sp³-hybridized carbons (Fsp3) is 1.00. The van der Waals surface area contributed by atoms with Gasteiger partial charge in [0.2, 0.25) is 0 Å². The fourth-order valence-electron chi connectivity index (χ4n) is 6.21. The van der Waals surface area contributed by atoms with Crippen LogP contribution in [0.25, 0.3) is 0 Å². The second kappa shape index (κ2) is 4.59. The molecule has 0 aromatic carbocycles. The summed E-state index contributed by atoms with van der Waals surface area (Å²) in [5, 5.41) is 0. The molecule has 0 aromatic heterocycles. The zero-order valence-corrected chi connectivity index (χ0v) is 12.7. The van der Waals surface area contributed by atoms with E-state index in [9.17, 15) is 17.6 Å². The highest BCUT2D eigenvalue weighted by Gasteiger charge is 2.63. The average molecular weight is 308 g/mol. The van der Waals surface area contributed by atoms with Gasteiger partial charge in [-0.3, -0.25) is 0 Å². The highest BCUT2D eigenvalue weighted by Crippen LogP contribution is 2.67. The zero-order valence-electron chi connectivity index (χ0n) is 12.7. The molecule has 0 N–H and O–H groups in total. The van der Waals surface area contributed by atoms with E-state index in [2.05, 4.69) is 6.92 Å². The maximum atomic E-state index is 13.4. The Bertz CT molecular complexity index is 399. The molecule has 0 aliphatic heterocycles. The summed E-state index contributed by atoms with van der Waals surface area (Å²) in [5.41, 5.74) is -2.84. The summed E-state index contributed by atoms with van der Waals surface area (Å²) in [5.74, 6) is 1.05. The van der Waals surface area contributed by atoms with Gasteiger partial charge in [-0.25, -0.2) is 4.39 Å². The standard InChI is InChI=1S/C16H24F4O/c1-13-4-11-3-12(5-13)7-14(6-11,8-13)9-15(10-17,21-2)16(18,19)20/h11-12H,3-10H2,1-2H3. The summed E-state index contributed by atoms with van der Waals surface area (Å²) in [6.45, 7) is 0.720. The van der Waals surface area contributed by atoms with E-state index in [0.29, 0.717) is 11.8 Å². The largest absolute Gasteiger partial charge is 0.420 e. The maximum absolute atomic E-state index is 13.4. The molecule has 0 radical (unpaired) electrons. The van der Waals surface area contributed by atoms with Gasteiger partial charge in [0.1, 0.15) is 6.67 Å². The number of halogens is 4. The highest BCUT2D eigenvalue weighted by molar-refractivity contribution is 5.09. The lowest BCUT2D eigenvalue weighted by molar-refractivity contribution is -0.292. The van der Waals surface area contributed by atoms with E-state index in [4.69, 9.17) is 4.74 Å². The van der Waals surface area contributed by atoms with Gasteiger partial charge in [-0.2, -0.15) is 13.2 Å². The van der Waals surface area contributed by atoms with E-state index < -0.39 is 18.5 Å². The molecule has 3 atom stereocenters. The molecule has 4 saturated carbocycles. The molecule has 5 heteroatoms. The van der Waals surface area contributed by atoms with Gasteiger partial charge in [-0.1, -0.05) is 6.92 Å². The van der Waals surface area contributed by atoms with Crippen LogP contribution in [0.3, 0.4) is 0 Å². The van der Waals surface area contributed by atoms with Crippen molar-refractivity contribution in [3.63, 3.8) is 0 Å². The first-order chi connectivity index (χ1) is 9.65. The molecule has 4 aliphatic carbocycles. The van der Waals surface area contributed by atoms with Gasteiger partial charge in [0, 0.05) is 7.11 Å². The Morgan fingerprint density at radius 1 is 1.10 bits per heavy atom. The van der Waals surface area contributed by atoms with E-state index >= 15 is 0 Å². The van der Waals surface area contributed by atoms with Crippen molar-refractivity contribution in [2.45, 2.75) is 63.6 Å². The van der Waals surface area contributed by atoms with Crippen molar-refractivity contribution in [1.29, 1.82) is 0 Å². The third-order valence-electron chi connectivity index (χ3n) is 6.26. The molecule has 4 aliphatic rings. The van der Waals surface area contributed by atoms with E-state index in [1.165, 1.54) is 0 Å². The Kier molecular flexibility index (Phi) is 3.40. The molecule has 122 valence electrons. The maximum Gasteiger partial charge on any atom is 0.420 e. The van der Waals surface area contributed by atoms with Gasteiger partial charge in [0.05, 0.1) is 0 Å². The Morgan fingerprint density at radius 3 is 2.05 bits per heavy atom. The molecule has 3 unspecified atom stereocenters. The van der Waals surface area contributed by atoms with Gasteiger partial charge in [-0.05, 0) is 67.6 Å². The van der Waals surface area contributed by atoms with Gasteiger partial charge in [-0.15, -0.1) is 0 Å². The van der Waals surface area contributed by atoms with Crippen molar-refractivity contribution in [3.05, 3.63) is 0 Å². The molecule has 0 saturated heterocycles. The van der Waals surface area contributed by atoms with Crippen LogP contribution in [0.4, 0.5) is 17.6 Å². The molecule has 21 heavy (non-hydrogen) atoms. The summed E-state index contributed by atoms with van der Waals surface area (Å²) in [6, 6.07) is 0. The number of rotatable bonds is 4. The van der Waals surface area contributed by atoms with E-state index in [-0.39, 0.29) is 17.3 Å². The molecule has 1 nitrogen and oxygen atoms in total. The summed E-state index contributed by atoms with van der Waals surface area (Å²) in [4.78, 5) is 0. The minimum Gasteiger partial charge on any atom is -0.366 e. The molecule has 0 heterocycles. The van der Waals surface area contributed by atoms with E-state index in [1.54, 1.807) is 0 Å². The van der Waals surface area contributed by atoms with Gasteiger partial charge in [0.25, 0.3) is 0 Å². The monoisotopic (exact) mass is 308 g/mol. The summed E-state index contributed by atoms with van der Waals surface area (Å²) < 4.78 is 58.2. The molecular weight excluding hydrogens is 284 g/mol. The number of ether oxygens (including phenoxy) is 1. The predicted octanol–water partition coefficient (Wildman–Crippen LogP) is 4.90. The summed E-state index contributed by atoms with van der Waals surface area (Å²) in [6.07, 6.45) is 0.993. The topological polar surface area (TPSA) is 9.23 Å². The third-order valence-corrected chi connectivity index (χ3v) is 6.26. The van der Waals surface area contributed by atoms with Crippen LogP contribution in [0.1, 0.15) is 51.9 Å². The zero-order chi connectivity index (χ0) is 15.5. The van der Waals surface area contributed by atoms with Gasteiger partial charge in [0.15, 0.2) is 5.60 Å². The number of hydrogen-bond acceptors (Lipinski definition) is 1. The number of alkyl halides is 4. The second-order valence-corrected chi connectivity index (χ2v) is 8.28.